The van der Waals surface area contributed by atoms with E-state index in [-0.39, 0.29) is 24.6 Å². The molecule has 1 aromatic rings. The maximum absolute atomic E-state index is 11.0. The zero-order chi connectivity index (χ0) is 8.97. The number of nitrogens with one attached hydrogen (secondary N) is 1. The zero-order valence-electron chi connectivity index (χ0n) is 6.94. The SMILES string of the molecule is CCOC(=O)c1cnc[nH]c1=O.Cl. The summed E-state index contributed by atoms with van der Waals surface area (Å²) in [7, 11) is 0. The van der Waals surface area contributed by atoms with Crippen LogP contribution in [0.1, 0.15) is 17.3 Å². The fraction of sp³-hybridized carbons (Fsp3) is 0.286. The molecule has 0 aliphatic heterocycles. The Kier molecular flexibility index (Phi) is 4.76. The monoisotopic (exact) mass is 204 g/mol. The van der Waals surface area contributed by atoms with Gasteiger partial charge in [0.15, 0.2) is 0 Å². The van der Waals surface area contributed by atoms with E-state index in [9.17, 15) is 9.59 Å². The van der Waals surface area contributed by atoms with Gasteiger partial charge in [0.1, 0.15) is 5.56 Å². The molecule has 0 spiro atoms. The molecule has 0 aromatic carbocycles. The fourth-order valence-corrected chi connectivity index (χ4v) is 0.698. The Labute approximate surface area is 80.6 Å². The van der Waals surface area contributed by atoms with Gasteiger partial charge < -0.3 is 9.72 Å². The number of rotatable bonds is 2. The Morgan fingerprint density at radius 1 is 1.69 bits per heavy atom. The third-order valence-electron chi connectivity index (χ3n) is 1.21. The molecule has 1 aromatic heterocycles. The van der Waals surface area contributed by atoms with Crippen molar-refractivity contribution in [3.05, 3.63) is 28.4 Å². The van der Waals surface area contributed by atoms with Crippen LogP contribution < -0.4 is 5.56 Å². The van der Waals surface area contributed by atoms with Gasteiger partial charge in [0.2, 0.25) is 0 Å². The Morgan fingerprint density at radius 2 is 2.38 bits per heavy atom. The summed E-state index contributed by atoms with van der Waals surface area (Å²) in [4.78, 5) is 27.8. The largest absolute Gasteiger partial charge is 0.462 e. The Balaban J connectivity index is 0.00000144. The molecule has 0 bridgehead atoms. The van der Waals surface area contributed by atoms with E-state index in [0.717, 1.165) is 0 Å². The molecule has 0 saturated heterocycles. The standard InChI is InChI=1S/C7H8N2O3.ClH/c1-2-12-7(11)5-3-8-4-9-6(5)10;/h3-4H,2H2,1H3,(H,8,9,10);1H. The van der Waals surface area contributed by atoms with Crippen molar-refractivity contribution in [2.75, 3.05) is 6.61 Å². The van der Waals surface area contributed by atoms with Gasteiger partial charge in [0.05, 0.1) is 12.9 Å². The van der Waals surface area contributed by atoms with Gasteiger partial charge in [-0.1, -0.05) is 0 Å². The smallest absolute Gasteiger partial charge is 0.345 e. The van der Waals surface area contributed by atoms with Crippen molar-refractivity contribution < 1.29 is 9.53 Å². The van der Waals surface area contributed by atoms with Gasteiger partial charge in [-0.3, -0.25) is 4.79 Å². The van der Waals surface area contributed by atoms with Crippen molar-refractivity contribution in [1.82, 2.24) is 9.97 Å². The van der Waals surface area contributed by atoms with E-state index in [0.29, 0.717) is 0 Å². The number of H-pyrrole nitrogens is 1. The van der Waals surface area contributed by atoms with Crippen molar-refractivity contribution in [1.29, 1.82) is 0 Å². The normalized spacial score (nSPS) is 8.69. The van der Waals surface area contributed by atoms with Crippen LogP contribution in [-0.2, 0) is 4.74 Å². The highest BCUT2D eigenvalue weighted by Crippen LogP contribution is 1.90. The van der Waals surface area contributed by atoms with E-state index in [1.54, 1.807) is 6.92 Å². The lowest BCUT2D eigenvalue weighted by molar-refractivity contribution is 0.0523. The van der Waals surface area contributed by atoms with Crippen LogP contribution in [0.4, 0.5) is 0 Å². The molecule has 0 amide bonds. The summed E-state index contributed by atoms with van der Waals surface area (Å²) in [6.07, 6.45) is 2.39. The van der Waals surface area contributed by atoms with Crippen LogP contribution in [0, 0.1) is 0 Å². The highest BCUT2D eigenvalue weighted by atomic mass is 35.5. The van der Waals surface area contributed by atoms with Crippen LogP contribution in [0.5, 0.6) is 0 Å². The van der Waals surface area contributed by atoms with Gasteiger partial charge in [-0.2, -0.15) is 0 Å². The van der Waals surface area contributed by atoms with Gasteiger partial charge >= 0.3 is 5.97 Å². The van der Waals surface area contributed by atoms with Crippen molar-refractivity contribution in [3.63, 3.8) is 0 Å². The maximum atomic E-state index is 11.0. The van der Waals surface area contributed by atoms with Crippen molar-refractivity contribution in [2.24, 2.45) is 0 Å². The molecule has 13 heavy (non-hydrogen) atoms. The topological polar surface area (TPSA) is 72.0 Å². The third-order valence-corrected chi connectivity index (χ3v) is 1.21. The van der Waals surface area contributed by atoms with Crippen molar-refractivity contribution in [3.8, 4) is 0 Å². The van der Waals surface area contributed by atoms with Gasteiger partial charge in [0, 0.05) is 6.20 Å². The molecule has 6 heteroatoms. The van der Waals surface area contributed by atoms with E-state index < -0.39 is 11.5 Å². The van der Waals surface area contributed by atoms with Gasteiger partial charge in [-0.25, -0.2) is 9.78 Å². The van der Waals surface area contributed by atoms with E-state index in [1.807, 2.05) is 0 Å². The summed E-state index contributed by atoms with van der Waals surface area (Å²) < 4.78 is 4.61. The Hall–Kier alpha value is -1.36. The van der Waals surface area contributed by atoms with Crippen LogP contribution >= 0.6 is 12.4 Å². The maximum Gasteiger partial charge on any atom is 0.345 e. The molecular weight excluding hydrogens is 196 g/mol. The molecule has 1 rings (SSSR count). The number of aromatic amines is 1. The van der Waals surface area contributed by atoms with Crippen LogP contribution in [0.3, 0.4) is 0 Å². The number of esters is 1. The number of ether oxygens (including phenoxy) is 1. The molecule has 0 aliphatic carbocycles. The van der Waals surface area contributed by atoms with E-state index in [4.69, 9.17) is 0 Å². The van der Waals surface area contributed by atoms with Gasteiger partial charge in [-0.05, 0) is 6.92 Å². The predicted octanol–water partition coefficient (Wildman–Crippen LogP) is 0.368. The molecule has 0 unspecified atom stereocenters. The molecular formula is C7H9ClN2O3. The predicted molar refractivity (Wildman–Crippen MR) is 48.1 cm³/mol. The van der Waals surface area contributed by atoms with Crippen LogP contribution in [0.2, 0.25) is 0 Å². The lowest BCUT2D eigenvalue weighted by atomic mass is 10.3. The molecule has 0 radical (unpaired) electrons. The summed E-state index contributed by atoms with van der Waals surface area (Å²) in [5.74, 6) is -0.646. The zero-order valence-corrected chi connectivity index (χ0v) is 7.76. The molecule has 0 atom stereocenters. The number of carbonyl (C=O) groups excluding carboxylic acids is 1. The van der Waals surface area contributed by atoms with Crippen molar-refractivity contribution >= 4 is 18.4 Å². The first-order chi connectivity index (χ1) is 5.75. The molecule has 1 N–H and O–H groups in total. The minimum absolute atomic E-state index is 0. The minimum atomic E-state index is -0.646. The first-order valence-electron chi connectivity index (χ1n) is 3.45. The molecule has 5 nitrogen and oxygen atoms in total. The number of aromatic nitrogens is 2. The van der Waals surface area contributed by atoms with Crippen molar-refractivity contribution in [2.45, 2.75) is 6.92 Å². The van der Waals surface area contributed by atoms with Gasteiger partial charge in [-0.15, -0.1) is 12.4 Å². The van der Waals surface area contributed by atoms with E-state index in [2.05, 4.69) is 14.7 Å². The van der Waals surface area contributed by atoms with Crippen LogP contribution in [0.15, 0.2) is 17.3 Å². The van der Waals surface area contributed by atoms with Crippen LogP contribution in [-0.4, -0.2) is 22.5 Å². The molecule has 0 aliphatic rings. The summed E-state index contributed by atoms with van der Waals surface area (Å²) in [6.45, 7) is 1.91. The number of carbonyl (C=O) groups is 1. The summed E-state index contributed by atoms with van der Waals surface area (Å²) >= 11 is 0. The lowest BCUT2D eigenvalue weighted by Gasteiger charge is -1.98. The summed E-state index contributed by atoms with van der Waals surface area (Å²) in [5.41, 5.74) is -0.553. The van der Waals surface area contributed by atoms with Crippen LogP contribution in [0.25, 0.3) is 0 Å². The number of hydrogen-bond acceptors (Lipinski definition) is 4. The average Bonchev–Trinajstić information content (AvgIpc) is 2.05. The third kappa shape index (κ3) is 2.87. The molecule has 0 saturated carbocycles. The molecule has 72 valence electrons. The minimum Gasteiger partial charge on any atom is -0.462 e. The Bertz CT molecular complexity index is 337. The first kappa shape index (κ1) is 11.6. The number of hydrogen-bond donors (Lipinski definition) is 1. The highest BCUT2D eigenvalue weighted by Gasteiger charge is 2.09. The van der Waals surface area contributed by atoms with Gasteiger partial charge in [0.25, 0.3) is 5.56 Å². The highest BCUT2D eigenvalue weighted by molar-refractivity contribution is 5.88. The average molecular weight is 205 g/mol. The second-order valence-corrected chi connectivity index (χ2v) is 2.01. The Morgan fingerprint density at radius 3 is 2.92 bits per heavy atom. The summed E-state index contributed by atoms with van der Waals surface area (Å²) in [5, 5.41) is 0. The second kappa shape index (κ2) is 5.31. The quantitative estimate of drug-likeness (QED) is 0.707. The fourth-order valence-electron chi connectivity index (χ4n) is 0.698. The second-order valence-electron chi connectivity index (χ2n) is 2.01. The van der Waals surface area contributed by atoms with E-state index in [1.165, 1.54) is 12.5 Å². The van der Waals surface area contributed by atoms with E-state index >= 15 is 0 Å². The molecule has 1 heterocycles. The number of halogens is 1. The molecule has 0 fully saturated rings. The first-order valence-corrected chi connectivity index (χ1v) is 3.45. The summed E-state index contributed by atoms with van der Waals surface area (Å²) in [6, 6.07) is 0. The number of nitrogens with zero attached hydrogens (tertiary/aromatic N) is 1. The lowest BCUT2D eigenvalue weighted by Crippen LogP contribution is -2.19.